The molecule has 0 radical (unpaired) electrons. The Morgan fingerprint density at radius 3 is 2.24 bits per heavy atom. The van der Waals surface area contributed by atoms with E-state index in [9.17, 15) is 0 Å². The molecule has 4 unspecified atom stereocenters. The van der Waals surface area contributed by atoms with E-state index < -0.39 is 5.79 Å². The van der Waals surface area contributed by atoms with E-state index in [0.29, 0.717) is 17.8 Å². The van der Waals surface area contributed by atoms with Gasteiger partial charge in [0.25, 0.3) is 0 Å². The third kappa shape index (κ3) is 1.94. The van der Waals surface area contributed by atoms with Gasteiger partial charge in [-0.05, 0) is 31.1 Å². The summed E-state index contributed by atoms with van der Waals surface area (Å²) < 4.78 is 17.2. The number of rotatable bonds is 6. The van der Waals surface area contributed by atoms with Gasteiger partial charge in [-0.3, -0.25) is 0 Å². The summed E-state index contributed by atoms with van der Waals surface area (Å²) >= 11 is 0. The van der Waals surface area contributed by atoms with Gasteiger partial charge in [0.2, 0.25) is 0 Å². The first-order chi connectivity index (χ1) is 8.21. The van der Waals surface area contributed by atoms with Gasteiger partial charge in [0.15, 0.2) is 5.79 Å². The number of ether oxygens (including phenoxy) is 3. The Labute approximate surface area is 104 Å². The summed E-state index contributed by atoms with van der Waals surface area (Å²) in [6, 6.07) is 0. The number of hydrogen-bond acceptors (Lipinski definition) is 3. The lowest BCUT2D eigenvalue weighted by Gasteiger charge is -2.43. The summed E-state index contributed by atoms with van der Waals surface area (Å²) in [5, 5.41) is 0. The minimum Gasteiger partial charge on any atom is -0.376 e. The molecule has 0 heterocycles. The highest BCUT2D eigenvalue weighted by atomic mass is 16.7. The molecule has 4 atom stereocenters. The predicted molar refractivity (Wildman–Crippen MR) is 66.7 cm³/mol. The summed E-state index contributed by atoms with van der Waals surface area (Å²) in [4.78, 5) is 0. The fourth-order valence-electron chi connectivity index (χ4n) is 3.75. The third-order valence-corrected chi connectivity index (χ3v) is 4.54. The van der Waals surface area contributed by atoms with Crippen LogP contribution < -0.4 is 0 Å². The summed E-state index contributed by atoms with van der Waals surface area (Å²) in [6.07, 6.45) is 7.96. The van der Waals surface area contributed by atoms with Crippen molar-refractivity contribution < 1.29 is 14.2 Å². The van der Waals surface area contributed by atoms with Crippen LogP contribution in [0.2, 0.25) is 0 Å². The van der Waals surface area contributed by atoms with Gasteiger partial charge < -0.3 is 14.2 Å². The molecule has 0 aromatic rings. The van der Waals surface area contributed by atoms with Crippen molar-refractivity contribution in [3.63, 3.8) is 0 Å². The Morgan fingerprint density at radius 1 is 1.18 bits per heavy atom. The van der Waals surface area contributed by atoms with Crippen molar-refractivity contribution >= 4 is 0 Å². The molecule has 2 rings (SSSR count). The largest absolute Gasteiger partial charge is 0.376 e. The summed E-state index contributed by atoms with van der Waals surface area (Å²) in [5.41, 5.74) is 0. The molecule has 1 saturated carbocycles. The van der Waals surface area contributed by atoms with Crippen LogP contribution in [0.3, 0.4) is 0 Å². The van der Waals surface area contributed by atoms with Crippen molar-refractivity contribution in [3.8, 4) is 0 Å². The lowest BCUT2D eigenvalue weighted by atomic mass is 9.82. The quantitative estimate of drug-likeness (QED) is 0.527. The zero-order valence-corrected chi connectivity index (χ0v) is 11.3. The lowest BCUT2D eigenvalue weighted by Crippen LogP contribution is -2.54. The monoisotopic (exact) mass is 240 g/mol. The molecular formula is C14H24O3. The second-order valence-corrected chi connectivity index (χ2v) is 5.15. The van der Waals surface area contributed by atoms with Crippen molar-refractivity contribution in [2.24, 2.45) is 17.8 Å². The summed E-state index contributed by atoms with van der Waals surface area (Å²) in [6.45, 7) is 2.12. The average molecular weight is 240 g/mol. The van der Waals surface area contributed by atoms with Crippen LogP contribution in [-0.4, -0.2) is 33.2 Å². The number of hydrogen-bond donors (Lipinski definition) is 0. The van der Waals surface area contributed by atoms with Crippen LogP contribution in [0.25, 0.3) is 0 Å². The van der Waals surface area contributed by atoms with Crippen LogP contribution in [-0.2, 0) is 14.2 Å². The highest BCUT2D eigenvalue weighted by Gasteiger charge is 2.53. The van der Waals surface area contributed by atoms with Crippen LogP contribution in [0.4, 0.5) is 0 Å². The molecule has 0 aliphatic heterocycles. The van der Waals surface area contributed by atoms with E-state index >= 15 is 0 Å². The van der Waals surface area contributed by atoms with Gasteiger partial charge in [-0.1, -0.05) is 19.1 Å². The van der Waals surface area contributed by atoms with Gasteiger partial charge in [-0.25, -0.2) is 0 Å². The summed E-state index contributed by atoms with van der Waals surface area (Å²) in [7, 11) is 5.21. The third-order valence-electron chi connectivity index (χ3n) is 4.54. The highest BCUT2D eigenvalue weighted by molar-refractivity contribution is 5.13. The van der Waals surface area contributed by atoms with E-state index in [4.69, 9.17) is 14.2 Å². The standard InChI is InChI=1S/C14H24O3/c1-5-13(15-2)14(16-3,17-4)12-9-10-6-7-11(12)8-10/h6-7,10-13H,5,8-9H2,1-4H3. The van der Waals surface area contributed by atoms with Crippen LogP contribution in [0, 0.1) is 17.8 Å². The van der Waals surface area contributed by atoms with Crippen molar-refractivity contribution in [1.29, 1.82) is 0 Å². The van der Waals surface area contributed by atoms with Gasteiger partial charge in [-0.15, -0.1) is 0 Å². The Kier molecular flexibility index (Phi) is 3.91. The minimum absolute atomic E-state index is 0.00440. The molecule has 98 valence electrons. The van der Waals surface area contributed by atoms with E-state index in [-0.39, 0.29) is 6.10 Å². The van der Waals surface area contributed by atoms with Crippen LogP contribution >= 0.6 is 0 Å². The molecular weight excluding hydrogens is 216 g/mol. The summed E-state index contributed by atoms with van der Waals surface area (Å²) in [5.74, 6) is 1.12. The van der Waals surface area contributed by atoms with Crippen molar-refractivity contribution in [2.75, 3.05) is 21.3 Å². The van der Waals surface area contributed by atoms with E-state index in [2.05, 4.69) is 19.1 Å². The minimum atomic E-state index is -0.590. The molecule has 3 nitrogen and oxygen atoms in total. The van der Waals surface area contributed by atoms with E-state index in [0.717, 1.165) is 12.8 Å². The van der Waals surface area contributed by atoms with E-state index in [1.54, 1.807) is 21.3 Å². The van der Waals surface area contributed by atoms with E-state index in [1.165, 1.54) is 6.42 Å². The number of allylic oxidation sites excluding steroid dienone is 2. The zero-order valence-electron chi connectivity index (χ0n) is 11.3. The molecule has 2 aliphatic carbocycles. The van der Waals surface area contributed by atoms with Crippen LogP contribution in [0.5, 0.6) is 0 Å². The molecule has 2 bridgehead atoms. The van der Waals surface area contributed by atoms with E-state index in [1.807, 2.05) is 0 Å². The van der Waals surface area contributed by atoms with Gasteiger partial charge in [-0.2, -0.15) is 0 Å². The smallest absolute Gasteiger partial charge is 0.197 e. The maximum absolute atomic E-state index is 5.79. The Hall–Kier alpha value is -0.380. The van der Waals surface area contributed by atoms with Crippen LogP contribution in [0.1, 0.15) is 26.2 Å². The second kappa shape index (κ2) is 5.09. The Bertz CT molecular complexity index is 279. The van der Waals surface area contributed by atoms with Crippen molar-refractivity contribution in [3.05, 3.63) is 12.2 Å². The highest BCUT2D eigenvalue weighted by Crippen LogP contribution is 2.51. The molecule has 0 N–H and O–H groups in total. The fraction of sp³-hybridized carbons (Fsp3) is 0.857. The molecule has 17 heavy (non-hydrogen) atoms. The normalized spacial score (nSPS) is 33.3. The molecule has 2 aliphatic rings. The van der Waals surface area contributed by atoms with Crippen molar-refractivity contribution in [1.82, 2.24) is 0 Å². The first-order valence-electron chi connectivity index (χ1n) is 6.53. The maximum atomic E-state index is 5.79. The Morgan fingerprint density at radius 2 is 1.88 bits per heavy atom. The fourth-order valence-corrected chi connectivity index (χ4v) is 3.75. The molecule has 0 amide bonds. The lowest BCUT2D eigenvalue weighted by molar-refractivity contribution is -0.296. The average Bonchev–Trinajstić information content (AvgIpc) is 2.98. The maximum Gasteiger partial charge on any atom is 0.197 e. The SMILES string of the molecule is CCC(OC)C(OC)(OC)C1CC2C=CC1C2. The molecule has 3 heteroatoms. The number of fused-ring (bicyclic) bond motifs is 2. The molecule has 0 aromatic carbocycles. The molecule has 0 aromatic heterocycles. The predicted octanol–water partition coefficient (Wildman–Crippen LogP) is 2.61. The molecule has 0 spiro atoms. The van der Waals surface area contributed by atoms with Gasteiger partial charge in [0.1, 0.15) is 6.10 Å². The van der Waals surface area contributed by atoms with Gasteiger partial charge in [0, 0.05) is 27.2 Å². The topological polar surface area (TPSA) is 27.7 Å². The van der Waals surface area contributed by atoms with Crippen molar-refractivity contribution in [2.45, 2.75) is 38.1 Å². The number of methoxy groups -OCH3 is 3. The molecule has 1 fully saturated rings. The second-order valence-electron chi connectivity index (χ2n) is 5.15. The van der Waals surface area contributed by atoms with Gasteiger partial charge >= 0.3 is 0 Å². The molecule has 0 saturated heterocycles. The Balaban J connectivity index is 2.24. The zero-order chi connectivity index (χ0) is 12.5. The first-order valence-corrected chi connectivity index (χ1v) is 6.53. The first kappa shape index (κ1) is 13.1. The van der Waals surface area contributed by atoms with Gasteiger partial charge in [0.05, 0.1) is 0 Å². The van der Waals surface area contributed by atoms with Crippen LogP contribution in [0.15, 0.2) is 12.2 Å².